The van der Waals surface area contributed by atoms with Gasteiger partial charge in [-0.05, 0) is 68.9 Å². The first kappa shape index (κ1) is 19.5. The zero-order chi connectivity index (χ0) is 20.6. The lowest BCUT2D eigenvalue weighted by Crippen LogP contribution is -2.32. The van der Waals surface area contributed by atoms with Crippen LogP contribution in [0.25, 0.3) is 0 Å². The molecule has 0 atom stereocenters. The maximum absolute atomic E-state index is 2.39. The Kier molecular flexibility index (Phi) is 5.04. The zero-order valence-electron chi connectivity index (χ0n) is 18.2. The van der Waals surface area contributed by atoms with Gasteiger partial charge in [-0.1, -0.05) is 101 Å². The molecule has 1 aliphatic carbocycles. The van der Waals surface area contributed by atoms with E-state index in [9.17, 15) is 0 Å². The van der Waals surface area contributed by atoms with E-state index in [2.05, 4.69) is 113 Å². The van der Waals surface area contributed by atoms with Gasteiger partial charge in [0.15, 0.2) is 0 Å². The molecule has 0 heterocycles. The second-order valence-electron chi connectivity index (χ2n) is 8.55. The Bertz CT molecular complexity index is 1010. The molecule has 0 nitrogen and oxygen atoms in total. The van der Waals surface area contributed by atoms with E-state index in [0.29, 0.717) is 0 Å². The molecule has 4 rings (SSSR count). The van der Waals surface area contributed by atoms with Crippen molar-refractivity contribution in [1.82, 2.24) is 0 Å². The van der Waals surface area contributed by atoms with Gasteiger partial charge < -0.3 is 0 Å². The maximum atomic E-state index is 2.39. The predicted octanol–water partition coefficient (Wildman–Crippen LogP) is 7.61. The van der Waals surface area contributed by atoms with Crippen molar-refractivity contribution in [2.24, 2.45) is 0 Å². The highest BCUT2D eigenvalue weighted by molar-refractivity contribution is 5.64. The van der Waals surface area contributed by atoms with Crippen molar-refractivity contribution < 1.29 is 0 Å². The minimum atomic E-state index is -0.289. The first-order valence-electron chi connectivity index (χ1n) is 10.5. The van der Waals surface area contributed by atoms with E-state index in [1.54, 1.807) is 0 Å². The minimum Gasteiger partial charge on any atom is -0.0772 e. The van der Waals surface area contributed by atoms with E-state index in [1.165, 1.54) is 50.1 Å². The zero-order valence-corrected chi connectivity index (χ0v) is 18.2. The van der Waals surface area contributed by atoms with Gasteiger partial charge in [0.05, 0.1) is 5.41 Å². The molecule has 0 heteroatoms. The summed E-state index contributed by atoms with van der Waals surface area (Å²) < 4.78 is 0. The fraction of sp³-hybridized carbons (Fsp3) is 0.241. The number of hydrogen-bond donors (Lipinski definition) is 0. The third-order valence-electron chi connectivity index (χ3n) is 6.46. The SMILES string of the molecule is CC1=CCC(C(c2cccc(C)c2)(c2cccc(C)c2)c2cccc(C)c2)=C1C. The third kappa shape index (κ3) is 3.27. The molecule has 0 saturated heterocycles. The molecule has 0 fully saturated rings. The number of aryl methyl sites for hydroxylation is 3. The Morgan fingerprint density at radius 2 is 1.00 bits per heavy atom. The van der Waals surface area contributed by atoms with Crippen LogP contribution in [0.5, 0.6) is 0 Å². The van der Waals surface area contributed by atoms with Gasteiger partial charge >= 0.3 is 0 Å². The number of benzene rings is 3. The highest BCUT2D eigenvalue weighted by atomic mass is 14.4. The summed E-state index contributed by atoms with van der Waals surface area (Å²) in [5, 5.41) is 0. The van der Waals surface area contributed by atoms with Crippen LogP contribution in [0.1, 0.15) is 53.6 Å². The summed E-state index contributed by atoms with van der Waals surface area (Å²) in [7, 11) is 0. The average Bonchev–Trinajstić information content (AvgIpc) is 3.02. The van der Waals surface area contributed by atoms with Gasteiger partial charge in [-0.25, -0.2) is 0 Å². The van der Waals surface area contributed by atoms with Crippen LogP contribution in [0.4, 0.5) is 0 Å². The van der Waals surface area contributed by atoms with Gasteiger partial charge in [-0.3, -0.25) is 0 Å². The minimum absolute atomic E-state index is 0.289. The molecule has 0 N–H and O–H groups in total. The van der Waals surface area contributed by atoms with Gasteiger partial charge in [-0.15, -0.1) is 0 Å². The Hall–Kier alpha value is -2.86. The lowest BCUT2D eigenvalue weighted by atomic mass is 9.63. The third-order valence-corrected chi connectivity index (χ3v) is 6.46. The molecule has 3 aromatic rings. The Labute approximate surface area is 175 Å². The highest BCUT2D eigenvalue weighted by Gasteiger charge is 2.42. The maximum Gasteiger partial charge on any atom is 0.0670 e. The van der Waals surface area contributed by atoms with Gasteiger partial charge in [0.25, 0.3) is 0 Å². The van der Waals surface area contributed by atoms with Gasteiger partial charge in [0.1, 0.15) is 0 Å². The topological polar surface area (TPSA) is 0 Å². The van der Waals surface area contributed by atoms with Crippen LogP contribution in [-0.4, -0.2) is 0 Å². The average molecular weight is 379 g/mol. The number of allylic oxidation sites excluding steroid dienone is 4. The molecule has 0 saturated carbocycles. The first-order chi connectivity index (χ1) is 13.9. The van der Waals surface area contributed by atoms with Crippen LogP contribution in [0, 0.1) is 20.8 Å². The van der Waals surface area contributed by atoms with Crippen molar-refractivity contribution >= 4 is 0 Å². The lowest BCUT2D eigenvalue weighted by Gasteiger charge is -2.39. The van der Waals surface area contributed by atoms with Crippen LogP contribution < -0.4 is 0 Å². The van der Waals surface area contributed by atoms with Crippen LogP contribution in [0.3, 0.4) is 0 Å². The molecule has 0 amide bonds. The van der Waals surface area contributed by atoms with Crippen LogP contribution in [0.15, 0.2) is 95.6 Å². The second kappa shape index (κ2) is 7.52. The standard InChI is InChI=1S/C29H30/c1-20-9-6-12-25(17-20)29(26-13-7-10-21(2)18-26,27-14-8-11-22(3)19-27)28-16-15-23(4)24(28)5/h6-15,17-19H,16H2,1-5H3. The number of hydrogen-bond acceptors (Lipinski definition) is 0. The molecule has 0 spiro atoms. The first-order valence-corrected chi connectivity index (χ1v) is 10.5. The van der Waals surface area contributed by atoms with E-state index in [-0.39, 0.29) is 5.41 Å². The molecular weight excluding hydrogens is 348 g/mol. The van der Waals surface area contributed by atoms with Crippen molar-refractivity contribution in [3.63, 3.8) is 0 Å². The van der Waals surface area contributed by atoms with E-state index < -0.39 is 0 Å². The van der Waals surface area contributed by atoms with Crippen molar-refractivity contribution in [3.05, 3.63) is 129 Å². The van der Waals surface area contributed by atoms with E-state index in [4.69, 9.17) is 0 Å². The van der Waals surface area contributed by atoms with Crippen LogP contribution in [0.2, 0.25) is 0 Å². The Morgan fingerprint density at radius 3 is 1.31 bits per heavy atom. The summed E-state index contributed by atoms with van der Waals surface area (Å²) in [6.45, 7) is 11.1. The van der Waals surface area contributed by atoms with Gasteiger partial charge in [0.2, 0.25) is 0 Å². The Morgan fingerprint density at radius 1 is 0.586 bits per heavy atom. The fourth-order valence-electron chi connectivity index (χ4n) is 4.89. The Balaban J connectivity index is 2.17. The van der Waals surface area contributed by atoms with Crippen LogP contribution >= 0.6 is 0 Å². The van der Waals surface area contributed by atoms with E-state index in [0.717, 1.165) is 6.42 Å². The molecule has 0 unspecified atom stereocenters. The molecular formula is C29H30. The van der Waals surface area contributed by atoms with Crippen molar-refractivity contribution in [2.75, 3.05) is 0 Å². The largest absolute Gasteiger partial charge is 0.0772 e. The smallest absolute Gasteiger partial charge is 0.0670 e. The van der Waals surface area contributed by atoms with Crippen molar-refractivity contribution in [3.8, 4) is 0 Å². The van der Waals surface area contributed by atoms with Gasteiger partial charge in [-0.2, -0.15) is 0 Å². The summed E-state index contributed by atoms with van der Waals surface area (Å²) in [5.74, 6) is 0. The van der Waals surface area contributed by atoms with Crippen LogP contribution in [-0.2, 0) is 5.41 Å². The predicted molar refractivity (Wildman–Crippen MR) is 124 cm³/mol. The van der Waals surface area contributed by atoms with Crippen molar-refractivity contribution in [1.29, 1.82) is 0 Å². The van der Waals surface area contributed by atoms with E-state index >= 15 is 0 Å². The normalized spacial score (nSPS) is 14.3. The lowest BCUT2D eigenvalue weighted by molar-refractivity contribution is 0.702. The molecule has 0 aromatic heterocycles. The number of rotatable bonds is 4. The highest BCUT2D eigenvalue weighted by Crippen LogP contribution is 2.50. The quantitative estimate of drug-likeness (QED) is 0.410. The van der Waals surface area contributed by atoms with Gasteiger partial charge in [0, 0.05) is 0 Å². The summed E-state index contributed by atoms with van der Waals surface area (Å²) in [6.07, 6.45) is 3.38. The summed E-state index contributed by atoms with van der Waals surface area (Å²) in [4.78, 5) is 0. The summed E-state index contributed by atoms with van der Waals surface area (Å²) >= 11 is 0. The molecule has 0 aliphatic heterocycles. The second-order valence-corrected chi connectivity index (χ2v) is 8.55. The summed E-state index contributed by atoms with van der Waals surface area (Å²) in [6, 6.07) is 27.3. The molecule has 146 valence electrons. The monoisotopic (exact) mass is 378 g/mol. The molecule has 0 bridgehead atoms. The van der Waals surface area contributed by atoms with Crippen molar-refractivity contribution in [2.45, 2.75) is 46.5 Å². The molecule has 3 aromatic carbocycles. The summed E-state index contributed by atoms with van der Waals surface area (Å²) in [5.41, 5.74) is 12.0. The fourth-order valence-corrected chi connectivity index (χ4v) is 4.89. The van der Waals surface area contributed by atoms with E-state index in [1.807, 2.05) is 0 Å². The molecule has 0 radical (unpaired) electrons. The molecule has 29 heavy (non-hydrogen) atoms. The molecule has 1 aliphatic rings.